The molecule has 2 aromatic rings. The van der Waals surface area contributed by atoms with Crippen LogP contribution in [0.3, 0.4) is 0 Å². The highest BCUT2D eigenvalue weighted by Gasteiger charge is 2.44. The van der Waals surface area contributed by atoms with Gasteiger partial charge < -0.3 is 4.42 Å². The van der Waals surface area contributed by atoms with Gasteiger partial charge in [-0.25, -0.2) is 16.8 Å². The van der Waals surface area contributed by atoms with Gasteiger partial charge in [0.15, 0.2) is 9.84 Å². The van der Waals surface area contributed by atoms with Gasteiger partial charge in [0.2, 0.25) is 0 Å². The molecule has 0 unspecified atom stereocenters. The van der Waals surface area contributed by atoms with Crippen LogP contribution in [0.15, 0.2) is 39.2 Å². The van der Waals surface area contributed by atoms with Crippen molar-refractivity contribution in [2.24, 2.45) is 0 Å². The SMILES string of the molecule is O=S(=O)(Cc1ccco1)C1CN(S(=O)(=O)c2ccc(Cl)s2)C1. The first-order valence-corrected chi connectivity index (χ1v) is 10.6. The Morgan fingerprint density at radius 3 is 2.50 bits per heavy atom. The highest BCUT2D eigenvalue weighted by Crippen LogP contribution is 2.32. The summed E-state index contributed by atoms with van der Waals surface area (Å²) < 4.78 is 55.6. The van der Waals surface area contributed by atoms with Gasteiger partial charge in [0.25, 0.3) is 10.0 Å². The number of halogens is 1. The zero-order valence-electron chi connectivity index (χ0n) is 11.2. The highest BCUT2D eigenvalue weighted by molar-refractivity contribution is 7.92. The minimum absolute atomic E-state index is 0.0408. The van der Waals surface area contributed by atoms with Crippen molar-refractivity contribution >= 4 is 42.8 Å². The average Bonchev–Trinajstić information content (AvgIpc) is 2.97. The summed E-state index contributed by atoms with van der Waals surface area (Å²) in [5.41, 5.74) is 0. The van der Waals surface area contributed by atoms with Crippen molar-refractivity contribution in [3.05, 3.63) is 40.6 Å². The van der Waals surface area contributed by atoms with Crippen LogP contribution in [0.1, 0.15) is 5.76 Å². The molecular formula is C12H12ClNO5S3. The second-order valence-corrected chi connectivity index (χ2v) is 11.1. The van der Waals surface area contributed by atoms with Crippen LogP contribution in [0, 0.1) is 0 Å². The van der Waals surface area contributed by atoms with Crippen molar-refractivity contribution in [1.29, 1.82) is 0 Å². The molecule has 0 amide bonds. The maximum atomic E-state index is 12.3. The van der Waals surface area contributed by atoms with Gasteiger partial charge >= 0.3 is 0 Å². The summed E-state index contributed by atoms with van der Waals surface area (Å²) in [6.07, 6.45) is 1.41. The number of rotatable bonds is 5. The van der Waals surface area contributed by atoms with Crippen LogP contribution in [0.5, 0.6) is 0 Å². The second-order valence-electron chi connectivity index (χ2n) is 4.89. The molecule has 6 nitrogen and oxygen atoms in total. The lowest BCUT2D eigenvalue weighted by Gasteiger charge is -2.36. The van der Waals surface area contributed by atoms with E-state index in [-0.39, 0.29) is 23.1 Å². The van der Waals surface area contributed by atoms with Gasteiger partial charge in [-0.2, -0.15) is 4.31 Å². The van der Waals surface area contributed by atoms with Crippen molar-refractivity contribution < 1.29 is 21.3 Å². The van der Waals surface area contributed by atoms with E-state index in [9.17, 15) is 16.8 Å². The van der Waals surface area contributed by atoms with Crippen molar-refractivity contribution in [3.63, 3.8) is 0 Å². The molecule has 0 aliphatic carbocycles. The van der Waals surface area contributed by atoms with E-state index in [0.29, 0.717) is 10.1 Å². The molecule has 1 aliphatic rings. The molecule has 0 spiro atoms. The monoisotopic (exact) mass is 381 g/mol. The summed E-state index contributed by atoms with van der Waals surface area (Å²) in [4.78, 5) is 0. The number of thiophene rings is 1. The molecule has 0 radical (unpaired) electrons. The van der Waals surface area contributed by atoms with E-state index in [1.165, 1.54) is 18.4 Å². The number of nitrogens with zero attached hydrogens (tertiary/aromatic N) is 1. The lowest BCUT2D eigenvalue weighted by atomic mass is 10.3. The molecule has 0 atom stereocenters. The van der Waals surface area contributed by atoms with E-state index < -0.39 is 25.1 Å². The molecule has 0 aromatic carbocycles. The Balaban J connectivity index is 1.69. The molecule has 1 saturated heterocycles. The maximum Gasteiger partial charge on any atom is 0.252 e. The van der Waals surface area contributed by atoms with Gasteiger partial charge in [0.05, 0.1) is 15.8 Å². The zero-order valence-corrected chi connectivity index (χ0v) is 14.4. The minimum atomic E-state index is -3.66. The zero-order chi connectivity index (χ0) is 16.0. The molecule has 0 N–H and O–H groups in total. The molecule has 0 saturated carbocycles. The van der Waals surface area contributed by atoms with Crippen molar-refractivity contribution in [2.45, 2.75) is 15.2 Å². The molecule has 120 valence electrons. The van der Waals surface area contributed by atoms with Gasteiger partial charge in [-0.1, -0.05) is 11.6 Å². The summed E-state index contributed by atoms with van der Waals surface area (Å²) in [5, 5.41) is -0.706. The first-order chi connectivity index (χ1) is 10.3. The second kappa shape index (κ2) is 5.64. The summed E-state index contributed by atoms with van der Waals surface area (Å²) in [6, 6.07) is 6.12. The molecule has 3 rings (SSSR count). The van der Waals surface area contributed by atoms with E-state index >= 15 is 0 Å². The van der Waals surface area contributed by atoms with Gasteiger partial charge in [-0.15, -0.1) is 11.3 Å². The van der Waals surface area contributed by atoms with Gasteiger partial charge in [0.1, 0.15) is 15.7 Å². The van der Waals surface area contributed by atoms with E-state index in [2.05, 4.69) is 0 Å². The largest absolute Gasteiger partial charge is 0.468 e. The highest BCUT2D eigenvalue weighted by atomic mass is 35.5. The molecule has 3 heterocycles. The van der Waals surface area contributed by atoms with Crippen molar-refractivity contribution in [3.8, 4) is 0 Å². The Hall–Kier alpha value is -0.870. The first kappa shape index (κ1) is 16.0. The Morgan fingerprint density at radius 1 is 1.23 bits per heavy atom. The standard InChI is InChI=1S/C12H12ClNO5S3/c13-11-3-4-12(20-11)22(17,18)14-6-10(7-14)21(15,16)8-9-2-1-5-19-9/h1-5,10H,6-8H2. The average molecular weight is 382 g/mol. The van der Waals surface area contributed by atoms with Crippen molar-refractivity contribution in [2.75, 3.05) is 13.1 Å². The molecule has 1 aliphatic heterocycles. The Morgan fingerprint density at radius 2 is 1.95 bits per heavy atom. The number of furan rings is 1. The van der Waals surface area contributed by atoms with Crippen LogP contribution < -0.4 is 0 Å². The van der Waals surface area contributed by atoms with Gasteiger partial charge in [0, 0.05) is 13.1 Å². The minimum Gasteiger partial charge on any atom is -0.468 e. The molecule has 2 aromatic heterocycles. The fourth-order valence-electron chi connectivity index (χ4n) is 2.10. The van der Waals surface area contributed by atoms with E-state index in [1.807, 2.05) is 0 Å². The van der Waals surface area contributed by atoms with E-state index in [0.717, 1.165) is 15.6 Å². The predicted molar refractivity (Wildman–Crippen MR) is 83.2 cm³/mol. The fourth-order valence-corrected chi connectivity index (χ4v) is 7.07. The smallest absolute Gasteiger partial charge is 0.252 e. The number of hydrogen-bond donors (Lipinski definition) is 0. The summed E-state index contributed by atoms with van der Waals surface area (Å²) in [5.74, 6) is 0.134. The lowest BCUT2D eigenvalue weighted by Crippen LogP contribution is -2.56. The summed E-state index contributed by atoms with van der Waals surface area (Å²) >= 11 is 6.70. The predicted octanol–water partition coefficient (Wildman–Crippen LogP) is 1.98. The van der Waals surface area contributed by atoms with Crippen LogP contribution in [0.4, 0.5) is 0 Å². The summed E-state index contributed by atoms with van der Waals surface area (Å²) in [6.45, 7) is -0.0816. The molecular weight excluding hydrogens is 370 g/mol. The number of sulfone groups is 1. The summed E-state index contributed by atoms with van der Waals surface area (Å²) in [7, 11) is -7.10. The third kappa shape index (κ3) is 2.95. The van der Waals surface area contributed by atoms with Crippen LogP contribution in [-0.4, -0.2) is 39.5 Å². The normalized spacial score (nSPS) is 17.5. The van der Waals surface area contributed by atoms with Crippen LogP contribution in [0.2, 0.25) is 4.34 Å². The topological polar surface area (TPSA) is 84.7 Å². The molecule has 10 heteroatoms. The van der Waals surface area contributed by atoms with Gasteiger partial charge in [-0.3, -0.25) is 0 Å². The third-order valence-electron chi connectivity index (χ3n) is 3.39. The molecule has 0 bridgehead atoms. The third-order valence-corrected chi connectivity index (χ3v) is 8.92. The van der Waals surface area contributed by atoms with Crippen LogP contribution >= 0.6 is 22.9 Å². The Labute approximate surface area is 137 Å². The van der Waals surface area contributed by atoms with Crippen molar-refractivity contribution in [1.82, 2.24) is 4.31 Å². The fraction of sp³-hybridized carbons (Fsp3) is 0.333. The first-order valence-electron chi connectivity index (χ1n) is 6.28. The lowest BCUT2D eigenvalue weighted by molar-refractivity contribution is 0.310. The van der Waals surface area contributed by atoms with E-state index in [4.69, 9.17) is 16.0 Å². The molecule has 1 fully saturated rings. The number of sulfonamides is 1. The quantitative estimate of drug-likeness (QED) is 0.790. The Kier molecular flexibility index (Phi) is 4.11. The maximum absolute atomic E-state index is 12.3. The van der Waals surface area contributed by atoms with Crippen LogP contribution in [-0.2, 0) is 25.6 Å². The van der Waals surface area contributed by atoms with E-state index in [1.54, 1.807) is 12.1 Å². The van der Waals surface area contributed by atoms with Gasteiger partial charge in [-0.05, 0) is 24.3 Å². The number of hydrogen-bond acceptors (Lipinski definition) is 6. The molecule has 22 heavy (non-hydrogen) atoms. The Bertz CT molecular complexity index is 864. The van der Waals surface area contributed by atoms with Crippen LogP contribution in [0.25, 0.3) is 0 Å².